The highest BCUT2D eigenvalue weighted by atomic mass is 35.5. The number of halogens is 2. The first-order chi connectivity index (χ1) is 18.0. The third kappa shape index (κ3) is 5.65. The average molecular weight is 563 g/mol. The second kappa shape index (κ2) is 11.7. The fourth-order valence-corrected chi connectivity index (χ4v) is 5.01. The van der Waals surface area contributed by atoms with E-state index in [1.54, 1.807) is 41.6 Å². The van der Waals surface area contributed by atoms with E-state index in [-0.39, 0.29) is 47.8 Å². The molecule has 0 saturated carbocycles. The summed E-state index contributed by atoms with van der Waals surface area (Å²) in [7, 11) is 0. The molecule has 0 unspecified atom stereocenters. The number of hydrogen-bond acceptors (Lipinski definition) is 5. The summed E-state index contributed by atoms with van der Waals surface area (Å²) in [5.74, 6) is -0.203. The van der Waals surface area contributed by atoms with Crippen LogP contribution in [0, 0.1) is 0 Å². The molecule has 39 heavy (non-hydrogen) atoms. The molecular formula is C30H28Cl2N4O3. The first-order valence-electron chi connectivity index (χ1n) is 12.2. The van der Waals surface area contributed by atoms with Crippen LogP contribution in [0.1, 0.15) is 21.6 Å². The number of aromatic hydroxyl groups is 2. The molecule has 1 amide bonds. The van der Waals surface area contributed by atoms with Crippen molar-refractivity contribution in [2.75, 3.05) is 18.0 Å². The van der Waals surface area contributed by atoms with Crippen LogP contribution in [0.4, 0.5) is 5.69 Å². The van der Waals surface area contributed by atoms with Gasteiger partial charge in [-0.2, -0.15) is 0 Å². The summed E-state index contributed by atoms with van der Waals surface area (Å²) >= 11 is 0. The largest absolute Gasteiger partial charge is 0.508 e. The Morgan fingerprint density at radius 1 is 0.872 bits per heavy atom. The summed E-state index contributed by atoms with van der Waals surface area (Å²) in [5.41, 5.74) is 5.51. The number of benzene rings is 4. The number of anilines is 1. The van der Waals surface area contributed by atoms with Gasteiger partial charge in [-0.1, -0.05) is 42.5 Å². The molecule has 1 aromatic heterocycles. The van der Waals surface area contributed by atoms with Crippen molar-refractivity contribution in [1.82, 2.24) is 14.9 Å². The maximum absolute atomic E-state index is 13.8. The van der Waals surface area contributed by atoms with E-state index in [1.807, 2.05) is 24.4 Å². The van der Waals surface area contributed by atoms with E-state index in [1.165, 1.54) is 0 Å². The fourth-order valence-electron chi connectivity index (χ4n) is 5.01. The van der Waals surface area contributed by atoms with E-state index >= 15 is 0 Å². The minimum atomic E-state index is -0.248. The lowest BCUT2D eigenvalue weighted by molar-refractivity contribution is 0.0748. The predicted octanol–water partition coefficient (Wildman–Crippen LogP) is 6.15. The van der Waals surface area contributed by atoms with Gasteiger partial charge in [-0.15, -0.1) is 24.8 Å². The summed E-state index contributed by atoms with van der Waals surface area (Å²) in [6.45, 7) is 2.16. The van der Waals surface area contributed by atoms with Gasteiger partial charge < -0.3 is 25.0 Å². The Kier molecular flexibility index (Phi) is 8.33. The van der Waals surface area contributed by atoms with Gasteiger partial charge in [-0.3, -0.25) is 4.79 Å². The van der Waals surface area contributed by atoms with Gasteiger partial charge in [0.25, 0.3) is 5.91 Å². The molecule has 0 atom stereocenters. The van der Waals surface area contributed by atoms with E-state index in [0.717, 1.165) is 33.5 Å². The third-order valence-electron chi connectivity index (χ3n) is 6.90. The fraction of sp³-hybridized carbons (Fsp3) is 0.133. The van der Waals surface area contributed by atoms with Crippen LogP contribution in [0.5, 0.6) is 11.5 Å². The SMILES string of the molecule is Cl.Cl.O=C(c1cc2cc(O)ccc2cc1O)N1CCN(Cc2cnc[nH]2)c2ccc(-c3ccccc3)cc2C1. The van der Waals surface area contributed by atoms with Crippen molar-refractivity contribution in [3.05, 3.63) is 108 Å². The van der Waals surface area contributed by atoms with E-state index in [9.17, 15) is 15.0 Å². The van der Waals surface area contributed by atoms with Crippen LogP contribution in [0.15, 0.2) is 91.4 Å². The number of carbonyl (C=O) groups is 1. The Morgan fingerprint density at radius 3 is 2.46 bits per heavy atom. The number of nitrogens with one attached hydrogen (secondary N) is 1. The van der Waals surface area contributed by atoms with Gasteiger partial charge in [0.15, 0.2) is 0 Å². The highest BCUT2D eigenvalue weighted by Gasteiger charge is 2.26. The summed E-state index contributed by atoms with van der Waals surface area (Å²) in [6.07, 6.45) is 3.48. The molecule has 0 aliphatic carbocycles. The summed E-state index contributed by atoms with van der Waals surface area (Å²) in [6, 6.07) is 24.7. The van der Waals surface area contributed by atoms with Crippen molar-refractivity contribution in [1.29, 1.82) is 0 Å². The molecule has 0 saturated heterocycles. The maximum Gasteiger partial charge on any atom is 0.257 e. The quantitative estimate of drug-likeness (QED) is 0.244. The van der Waals surface area contributed by atoms with E-state index in [2.05, 4.69) is 45.2 Å². The molecule has 3 N–H and O–H groups in total. The molecule has 9 heteroatoms. The molecule has 1 aliphatic rings. The molecule has 0 spiro atoms. The lowest BCUT2D eigenvalue weighted by atomic mass is 10.0. The summed E-state index contributed by atoms with van der Waals surface area (Å²) in [4.78, 5) is 25.1. The Hall–Kier alpha value is -4.20. The standard InChI is InChI=1S/C30H26N4O3.2ClH/c35-26-8-6-22-15-29(36)27(14-23(22)13-26)30(37)34-11-10-33(18-25-16-31-19-32-25)28-9-7-21(12-24(28)17-34)20-4-2-1-3-5-20;;/h1-9,12-16,19,35-36H,10-11,17-18H2,(H,31,32);2*1H. The van der Waals surface area contributed by atoms with E-state index in [4.69, 9.17) is 0 Å². The maximum atomic E-state index is 13.8. The lowest BCUT2D eigenvalue weighted by Gasteiger charge is -2.24. The van der Waals surface area contributed by atoms with Gasteiger partial charge in [0.1, 0.15) is 11.5 Å². The number of hydrogen-bond donors (Lipinski definition) is 3. The smallest absolute Gasteiger partial charge is 0.257 e. The van der Waals surface area contributed by atoms with Crippen molar-refractivity contribution in [3.63, 3.8) is 0 Å². The molecule has 0 bridgehead atoms. The molecular weight excluding hydrogens is 535 g/mol. The summed E-state index contributed by atoms with van der Waals surface area (Å²) in [5, 5.41) is 22.1. The minimum Gasteiger partial charge on any atom is -0.508 e. The van der Waals surface area contributed by atoms with Crippen molar-refractivity contribution in [3.8, 4) is 22.6 Å². The molecule has 1 aliphatic heterocycles. The van der Waals surface area contributed by atoms with Gasteiger partial charge in [0.2, 0.25) is 0 Å². The number of H-pyrrole nitrogens is 1. The van der Waals surface area contributed by atoms with Gasteiger partial charge in [-0.25, -0.2) is 4.98 Å². The van der Waals surface area contributed by atoms with Crippen molar-refractivity contribution >= 4 is 47.2 Å². The number of fused-ring (bicyclic) bond motifs is 2. The van der Waals surface area contributed by atoms with Crippen LogP contribution in [0.25, 0.3) is 21.9 Å². The van der Waals surface area contributed by atoms with Gasteiger partial charge in [0.05, 0.1) is 24.1 Å². The van der Waals surface area contributed by atoms with Crippen LogP contribution in [0.3, 0.4) is 0 Å². The molecule has 0 fully saturated rings. The van der Waals surface area contributed by atoms with Crippen LogP contribution < -0.4 is 4.90 Å². The zero-order chi connectivity index (χ0) is 25.4. The first kappa shape index (κ1) is 27.8. The Balaban J connectivity index is 0.00000176. The number of nitrogens with zero attached hydrogens (tertiary/aromatic N) is 3. The highest BCUT2D eigenvalue weighted by Crippen LogP contribution is 2.33. The first-order valence-corrected chi connectivity index (χ1v) is 12.2. The Labute approximate surface area is 238 Å². The minimum absolute atomic E-state index is 0. The average Bonchev–Trinajstić information content (AvgIpc) is 3.36. The van der Waals surface area contributed by atoms with Crippen LogP contribution >= 0.6 is 24.8 Å². The zero-order valence-electron chi connectivity index (χ0n) is 20.9. The lowest BCUT2D eigenvalue weighted by Crippen LogP contribution is -2.35. The predicted molar refractivity (Wildman–Crippen MR) is 158 cm³/mol. The summed E-state index contributed by atoms with van der Waals surface area (Å²) < 4.78 is 0. The van der Waals surface area contributed by atoms with Crippen molar-refractivity contribution in [2.45, 2.75) is 13.1 Å². The number of aromatic amines is 1. The zero-order valence-corrected chi connectivity index (χ0v) is 22.6. The Morgan fingerprint density at radius 2 is 1.69 bits per heavy atom. The van der Waals surface area contributed by atoms with Crippen LogP contribution in [-0.2, 0) is 13.1 Å². The van der Waals surface area contributed by atoms with Crippen molar-refractivity contribution < 1.29 is 15.0 Å². The van der Waals surface area contributed by atoms with Gasteiger partial charge in [-0.05, 0) is 63.9 Å². The molecule has 200 valence electrons. The second-order valence-electron chi connectivity index (χ2n) is 9.34. The van der Waals surface area contributed by atoms with E-state index < -0.39 is 0 Å². The van der Waals surface area contributed by atoms with E-state index in [0.29, 0.717) is 31.6 Å². The second-order valence-corrected chi connectivity index (χ2v) is 9.34. The van der Waals surface area contributed by atoms with Gasteiger partial charge in [0, 0.05) is 31.5 Å². The van der Waals surface area contributed by atoms with Gasteiger partial charge >= 0.3 is 0 Å². The number of phenols is 2. The number of rotatable bonds is 4. The normalized spacial score (nSPS) is 12.7. The number of aromatic nitrogens is 2. The number of phenolic OH excluding ortho intramolecular Hbond substituents is 2. The topological polar surface area (TPSA) is 92.7 Å². The highest BCUT2D eigenvalue weighted by molar-refractivity contribution is 6.02. The molecule has 7 nitrogen and oxygen atoms in total. The number of imidazole rings is 1. The molecule has 5 aromatic rings. The number of amides is 1. The van der Waals surface area contributed by atoms with Crippen LogP contribution in [-0.4, -0.2) is 44.1 Å². The molecule has 2 heterocycles. The molecule has 6 rings (SSSR count). The third-order valence-corrected chi connectivity index (χ3v) is 6.90. The monoisotopic (exact) mass is 562 g/mol. The van der Waals surface area contributed by atoms with Crippen LogP contribution in [0.2, 0.25) is 0 Å². The molecule has 4 aromatic carbocycles. The molecule has 0 radical (unpaired) electrons. The Bertz CT molecular complexity index is 1590. The van der Waals surface area contributed by atoms with Crippen molar-refractivity contribution in [2.24, 2.45) is 0 Å². The number of carbonyl (C=O) groups excluding carboxylic acids is 1.